The predicted octanol–water partition coefficient (Wildman–Crippen LogP) is 6.22. The number of fused-ring (bicyclic) bond motifs is 1. The maximum atomic E-state index is 9.61. The lowest BCUT2D eigenvalue weighted by Crippen LogP contribution is -1.94. The summed E-state index contributed by atoms with van der Waals surface area (Å²) in [4.78, 5) is 5.99. The first kappa shape index (κ1) is 18.5. The number of thiophene rings is 1. The first-order valence-electron chi connectivity index (χ1n) is 9.69. The first-order valence-corrected chi connectivity index (χ1v) is 10.5. The monoisotopic (exact) mass is 386 g/mol. The zero-order valence-electron chi connectivity index (χ0n) is 15.7. The van der Waals surface area contributed by atoms with Gasteiger partial charge in [0.2, 0.25) is 0 Å². The summed E-state index contributed by atoms with van der Waals surface area (Å²) in [5.74, 6) is 0.835. The molecule has 3 aromatic rings. The van der Waals surface area contributed by atoms with E-state index in [1.165, 1.54) is 29.7 Å². The Morgan fingerprint density at radius 3 is 2.57 bits per heavy atom. The van der Waals surface area contributed by atoms with Crippen molar-refractivity contribution in [3.8, 4) is 11.8 Å². The van der Waals surface area contributed by atoms with E-state index in [1.54, 1.807) is 11.3 Å². The van der Waals surface area contributed by atoms with Gasteiger partial charge in [0.15, 0.2) is 0 Å². The van der Waals surface area contributed by atoms with Crippen LogP contribution in [0.5, 0.6) is 5.75 Å². The molecule has 2 aromatic carbocycles. The molecular formula is C24H22N2OS. The summed E-state index contributed by atoms with van der Waals surface area (Å²) in [6.45, 7) is 0.556. The lowest BCUT2D eigenvalue weighted by atomic mass is 10.1. The van der Waals surface area contributed by atoms with Crippen molar-refractivity contribution in [3.05, 3.63) is 81.7 Å². The van der Waals surface area contributed by atoms with Crippen LogP contribution in [-0.4, -0.2) is 6.21 Å². The standard InChI is InChI=1S/C24H22N2OS/c25-15-22-21-9-5-2-6-10-23(21)28-24(22)26-16-18-11-13-20(14-12-18)27-17-19-7-3-1-4-8-19/h1,3-4,7-8,11-14,16H,2,5-6,9-10,17H2. The highest BCUT2D eigenvalue weighted by molar-refractivity contribution is 7.16. The van der Waals surface area contributed by atoms with Crippen molar-refractivity contribution < 1.29 is 4.74 Å². The van der Waals surface area contributed by atoms with E-state index < -0.39 is 0 Å². The number of aliphatic imine (C=N–C) groups is 1. The Labute approximate surface area is 170 Å². The molecule has 4 rings (SSSR count). The van der Waals surface area contributed by atoms with Gasteiger partial charge < -0.3 is 4.74 Å². The van der Waals surface area contributed by atoms with Crippen molar-refractivity contribution in [1.29, 1.82) is 5.26 Å². The zero-order valence-corrected chi connectivity index (χ0v) is 16.5. The molecule has 28 heavy (non-hydrogen) atoms. The molecule has 0 saturated carbocycles. The third-order valence-corrected chi connectivity index (χ3v) is 6.17. The number of benzene rings is 2. The Balaban J connectivity index is 1.44. The summed E-state index contributed by atoms with van der Waals surface area (Å²) in [5, 5.41) is 10.5. The van der Waals surface area contributed by atoms with Gasteiger partial charge in [0.1, 0.15) is 23.4 Å². The Morgan fingerprint density at radius 2 is 1.79 bits per heavy atom. The number of hydrogen-bond donors (Lipinski definition) is 0. The van der Waals surface area contributed by atoms with Gasteiger partial charge in [-0.2, -0.15) is 5.26 Å². The van der Waals surface area contributed by atoms with Gasteiger partial charge >= 0.3 is 0 Å². The molecule has 1 aliphatic carbocycles. The Bertz CT molecular complexity index is 998. The second-order valence-corrected chi connectivity index (χ2v) is 8.04. The average molecular weight is 387 g/mol. The minimum atomic E-state index is 0.556. The van der Waals surface area contributed by atoms with Crippen LogP contribution in [0.25, 0.3) is 0 Å². The number of hydrogen-bond acceptors (Lipinski definition) is 4. The van der Waals surface area contributed by atoms with Gasteiger partial charge in [-0.25, -0.2) is 4.99 Å². The van der Waals surface area contributed by atoms with Crippen LogP contribution in [0.3, 0.4) is 0 Å². The molecule has 0 N–H and O–H groups in total. The SMILES string of the molecule is N#Cc1c(N=Cc2ccc(OCc3ccccc3)cc2)sc2c1CCCCC2. The number of rotatable bonds is 5. The second-order valence-electron chi connectivity index (χ2n) is 6.96. The first-order chi connectivity index (χ1) is 13.8. The van der Waals surface area contributed by atoms with Crippen molar-refractivity contribution in [2.24, 2.45) is 4.99 Å². The molecule has 0 fully saturated rings. The van der Waals surface area contributed by atoms with Gasteiger partial charge in [0.25, 0.3) is 0 Å². The highest BCUT2D eigenvalue weighted by Gasteiger charge is 2.19. The van der Waals surface area contributed by atoms with E-state index in [2.05, 4.69) is 23.2 Å². The number of aryl methyl sites for hydroxylation is 1. The molecule has 0 spiro atoms. The molecule has 0 radical (unpaired) electrons. The predicted molar refractivity (Wildman–Crippen MR) is 115 cm³/mol. The van der Waals surface area contributed by atoms with Crippen LogP contribution >= 0.6 is 11.3 Å². The van der Waals surface area contributed by atoms with E-state index in [0.29, 0.717) is 6.61 Å². The lowest BCUT2D eigenvalue weighted by molar-refractivity contribution is 0.306. The minimum Gasteiger partial charge on any atom is -0.489 e. The summed E-state index contributed by atoms with van der Waals surface area (Å²) in [5.41, 5.74) is 4.16. The zero-order chi connectivity index (χ0) is 19.2. The molecule has 1 aliphatic rings. The Kier molecular flexibility index (Phi) is 5.84. The second kappa shape index (κ2) is 8.86. The van der Waals surface area contributed by atoms with Gasteiger partial charge in [-0.15, -0.1) is 11.3 Å². The van der Waals surface area contributed by atoms with Crippen LogP contribution in [0.15, 0.2) is 59.6 Å². The van der Waals surface area contributed by atoms with Crippen LogP contribution in [0.4, 0.5) is 5.00 Å². The summed E-state index contributed by atoms with van der Waals surface area (Å²) in [6.07, 6.45) is 7.57. The molecule has 140 valence electrons. The van der Waals surface area contributed by atoms with E-state index >= 15 is 0 Å². The third-order valence-electron chi connectivity index (χ3n) is 4.97. The lowest BCUT2D eigenvalue weighted by Gasteiger charge is -2.06. The molecule has 3 nitrogen and oxygen atoms in total. The van der Waals surface area contributed by atoms with Crippen molar-refractivity contribution in [2.75, 3.05) is 0 Å². The number of nitrogens with zero attached hydrogens (tertiary/aromatic N) is 2. The van der Waals surface area contributed by atoms with Crippen LogP contribution in [0.1, 0.15) is 46.4 Å². The number of nitriles is 1. The summed E-state index contributed by atoms with van der Waals surface area (Å²) >= 11 is 1.68. The van der Waals surface area contributed by atoms with Crippen LogP contribution in [0.2, 0.25) is 0 Å². The molecule has 1 aromatic heterocycles. The Hall–Kier alpha value is -2.90. The van der Waals surface area contributed by atoms with Gasteiger partial charge in [0.05, 0.1) is 5.56 Å². The van der Waals surface area contributed by atoms with Crippen LogP contribution in [0, 0.1) is 11.3 Å². The molecule has 0 aliphatic heterocycles. The van der Waals surface area contributed by atoms with Crippen LogP contribution < -0.4 is 4.74 Å². The Morgan fingerprint density at radius 1 is 1.00 bits per heavy atom. The summed E-state index contributed by atoms with van der Waals surface area (Å²) in [7, 11) is 0. The fourth-order valence-electron chi connectivity index (χ4n) is 3.46. The van der Waals surface area contributed by atoms with Gasteiger partial charge in [-0.3, -0.25) is 0 Å². The molecule has 0 atom stereocenters. The molecule has 0 unspecified atom stereocenters. The quantitative estimate of drug-likeness (QED) is 0.386. The third kappa shape index (κ3) is 4.32. The molecule has 1 heterocycles. The fraction of sp³-hybridized carbons (Fsp3) is 0.250. The highest BCUT2D eigenvalue weighted by atomic mass is 32.1. The van der Waals surface area contributed by atoms with E-state index in [4.69, 9.17) is 4.74 Å². The van der Waals surface area contributed by atoms with Crippen molar-refractivity contribution in [3.63, 3.8) is 0 Å². The molecule has 0 amide bonds. The average Bonchev–Trinajstić information content (AvgIpc) is 2.91. The van der Waals surface area contributed by atoms with Gasteiger partial charge in [-0.1, -0.05) is 36.8 Å². The maximum absolute atomic E-state index is 9.61. The van der Waals surface area contributed by atoms with Crippen molar-refractivity contribution >= 4 is 22.6 Å². The molecule has 0 saturated heterocycles. The maximum Gasteiger partial charge on any atom is 0.134 e. The van der Waals surface area contributed by atoms with E-state index in [1.807, 2.05) is 48.7 Å². The summed E-state index contributed by atoms with van der Waals surface area (Å²) in [6, 6.07) is 20.4. The smallest absolute Gasteiger partial charge is 0.134 e. The van der Waals surface area contributed by atoms with Gasteiger partial charge in [0, 0.05) is 11.1 Å². The number of ether oxygens (including phenoxy) is 1. The van der Waals surface area contributed by atoms with E-state index in [9.17, 15) is 5.26 Å². The molecule has 4 heteroatoms. The molecule has 0 bridgehead atoms. The normalized spacial score (nSPS) is 13.7. The minimum absolute atomic E-state index is 0.556. The van der Waals surface area contributed by atoms with Crippen molar-refractivity contribution in [1.82, 2.24) is 0 Å². The van der Waals surface area contributed by atoms with Crippen molar-refractivity contribution in [2.45, 2.75) is 38.7 Å². The molecular weight excluding hydrogens is 364 g/mol. The van der Waals surface area contributed by atoms with E-state index in [0.717, 1.165) is 40.3 Å². The summed E-state index contributed by atoms with van der Waals surface area (Å²) < 4.78 is 5.83. The largest absolute Gasteiger partial charge is 0.489 e. The fourth-order valence-corrected chi connectivity index (χ4v) is 4.64. The van der Waals surface area contributed by atoms with Crippen LogP contribution in [-0.2, 0) is 19.4 Å². The topological polar surface area (TPSA) is 45.4 Å². The highest BCUT2D eigenvalue weighted by Crippen LogP contribution is 2.38. The van der Waals surface area contributed by atoms with Gasteiger partial charge in [-0.05, 0) is 66.6 Å². The van der Waals surface area contributed by atoms with E-state index in [-0.39, 0.29) is 0 Å².